The Morgan fingerprint density at radius 2 is 1.10 bits per heavy atom. The van der Waals surface area contributed by atoms with Gasteiger partial charge in [-0.2, -0.15) is 0 Å². The fourth-order valence-corrected chi connectivity index (χ4v) is 6.71. The molecule has 3 nitrogen and oxygen atoms in total. The van der Waals surface area contributed by atoms with E-state index < -0.39 is 0 Å². The molecule has 0 aromatic heterocycles. The maximum Gasteiger partial charge on any atom is 0.207 e. The summed E-state index contributed by atoms with van der Waals surface area (Å²) in [5, 5.41) is 8.21. The molecule has 39 heavy (non-hydrogen) atoms. The van der Waals surface area contributed by atoms with Gasteiger partial charge < -0.3 is 10.6 Å². The Bertz CT molecular complexity index is 970. The zero-order valence-electron chi connectivity index (χ0n) is 24.9. The number of rotatable bonds is 11. The molecule has 0 spiro atoms. The lowest BCUT2D eigenvalue weighted by molar-refractivity contribution is -0.111. The molecule has 4 rings (SSSR count). The minimum absolute atomic E-state index is 0.107. The lowest BCUT2D eigenvalue weighted by Crippen LogP contribution is -2.53. The fraction of sp³-hybridized carbons (Fsp3) is 0.606. The van der Waals surface area contributed by atoms with Crippen molar-refractivity contribution in [3.63, 3.8) is 0 Å². The molecule has 0 bridgehead atoms. The number of amides is 1. The monoisotopic (exact) mass is 570 g/mol. The van der Waals surface area contributed by atoms with Crippen LogP contribution in [0.5, 0.6) is 0 Å². The summed E-state index contributed by atoms with van der Waals surface area (Å²) in [6.07, 6.45) is 10.6. The second-order valence-electron chi connectivity index (χ2n) is 12.0. The predicted octanol–water partition coefficient (Wildman–Crippen LogP) is 8.52. The van der Waals surface area contributed by atoms with E-state index in [0.29, 0.717) is 17.4 Å². The normalized spacial score (nSPS) is 18.3. The van der Waals surface area contributed by atoms with Gasteiger partial charge in [-0.15, -0.1) is 0 Å². The molecule has 2 aliphatic rings. The molecule has 0 aliphatic heterocycles. The lowest BCUT2D eigenvalue weighted by Gasteiger charge is -2.49. The second kappa shape index (κ2) is 16.1. The summed E-state index contributed by atoms with van der Waals surface area (Å²) in [4.78, 5) is 10.9. The number of likely N-dealkylation sites (N-methyl/N-ethyl adjacent to an activating group) is 1. The van der Waals surface area contributed by atoms with E-state index in [4.69, 9.17) is 23.2 Å². The van der Waals surface area contributed by atoms with Crippen molar-refractivity contribution in [2.75, 3.05) is 7.05 Å². The van der Waals surface area contributed by atoms with Crippen molar-refractivity contribution in [2.24, 2.45) is 11.8 Å². The Morgan fingerprint density at radius 1 is 0.744 bits per heavy atom. The molecule has 214 valence electrons. The largest absolute Gasteiger partial charge is 0.355 e. The number of hydrogen-bond acceptors (Lipinski definition) is 2. The molecule has 2 unspecified atom stereocenters. The number of benzene rings is 2. The molecule has 6 heteroatoms. The molecule has 0 saturated heterocycles. The zero-order chi connectivity index (χ0) is 29.1. The minimum atomic E-state index is 0.107. The summed E-state index contributed by atoms with van der Waals surface area (Å²) in [5.41, 5.74) is 3.21. The van der Waals surface area contributed by atoms with Crippen molar-refractivity contribution in [1.29, 1.82) is 0 Å². The van der Waals surface area contributed by atoms with Crippen LogP contribution in [0.25, 0.3) is 0 Å². The zero-order valence-corrected chi connectivity index (χ0v) is 26.4. The Labute approximate surface area is 249 Å². The van der Waals surface area contributed by atoms with Gasteiger partial charge in [0.05, 0.1) is 7.85 Å². The summed E-state index contributed by atoms with van der Waals surface area (Å²) in [5.74, 6) is 1.30. The highest BCUT2D eigenvalue weighted by molar-refractivity contribution is 6.30. The second-order valence-corrected chi connectivity index (χ2v) is 12.8. The predicted molar refractivity (Wildman–Crippen MR) is 170 cm³/mol. The molecule has 2 atom stereocenters. The summed E-state index contributed by atoms with van der Waals surface area (Å²) in [6.45, 7) is 10.5. The first-order chi connectivity index (χ1) is 18.7. The highest BCUT2D eigenvalue weighted by atomic mass is 35.5. The number of carbonyl (C=O) groups is 1. The van der Waals surface area contributed by atoms with Gasteiger partial charge in [-0.05, 0) is 92.8 Å². The number of halogens is 2. The number of nitrogens with one attached hydrogen (secondary N) is 2. The van der Waals surface area contributed by atoms with Crippen LogP contribution < -0.4 is 10.6 Å². The van der Waals surface area contributed by atoms with Crippen molar-refractivity contribution in [3.05, 3.63) is 69.7 Å². The van der Waals surface area contributed by atoms with E-state index in [-0.39, 0.29) is 11.5 Å². The van der Waals surface area contributed by atoms with Gasteiger partial charge in [-0.25, -0.2) is 0 Å². The van der Waals surface area contributed by atoms with Gasteiger partial charge in [0.2, 0.25) is 6.41 Å². The van der Waals surface area contributed by atoms with E-state index in [1.807, 2.05) is 24.3 Å². The van der Waals surface area contributed by atoms with E-state index in [1.54, 1.807) is 0 Å². The summed E-state index contributed by atoms with van der Waals surface area (Å²) < 4.78 is 0. The van der Waals surface area contributed by atoms with Crippen LogP contribution in [0, 0.1) is 11.8 Å². The number of hydrogen-bond donors (Lipinski definition) is 2. The van der Waals surface area contributed by atoms with Crippen molar-refractivity contribution in [2.45, 2.75) is 109 Å². The molecule has 1 amide bonds. The van der Waals surface area contributed by atoms with Gasteiger partial charge in [0.25, 0.3) is 0 Å². The van der Waals surface area contributed by atoms with Crippen molar-refractivity contribution in [1.82, 2.24) is 10.6 Å². The van der Waals surface area contributed by atoms with E-state index in [1.165, 1.54) is 50.1 Å². The van der Waals surface area contributed by atoms with Crippen molar-refractivity contribution < 1.29 is 4.79 Å². The summed E-state index contributed by atoms with van der Waals surface area (Å²) in [7, 11) is 6.60. The Kier molecular flexibility index (Phi) is 13.9. The van der Waals surface area contributed by atoms with Crippen molar-refractivity contribution >= 4 is 37.5 Å². The van der Waals surface area contributed by atoms with Crippen LogP contribution in [0.15, 0.2) is 48.5 Å². The van der Waals surface area contributed by atoms with Gasteiger partial charge in [0.15, 0.2) is 0 Å². The maximum atomic E-state index is 10.9. The quantitative estimate of drug-likeness (QED) is 0.210. The smallest absolute Gasteiger partial charge is 0.207 e. The van der Waals surface area contributed by atoms with Gasteiger partial charge in [0.1, 0.15) is 0 Å². The van der Waals surface area contributed by atoms with Crippen LogP contribution >= 0.6 is 23.2 Å². The van der Waals surface area contributed by atoms with E-state index >= 15 is 0 Å². The first kappa shape index (κ1) is 33.7. The van der Waals surface area contributed by atoms with Gasteiger partial charge in [0, 0.05) is 33.0 Å². The van der Waals surface area contributed by atoms with Gasteiger partial charge in [-0.3, -0.25) is 4.79 Å². The molecular formula is C33H49BCl2N2O. The SMILES string of the molecule is CC(C)CC(NC=O)C1(c2ccc(Cl)cc2)CCC1.CNC(CC(C)C)C1(c2ccc(Cl)cc2)CCC1.[B]C. The fourth-order valence-electron chi connectivity index (χ4n) is 6.45. The molecule has 2 fully saturated rings. The summed E-state index contributed by atoms with van der Waals surface area (Å²) in [6, 6.07) is 17.4. The molecule has 2 N–H and O–H groups in total. The molecule has 2 aromatic carbocycles. The van der Waals surface area contributed by atoms with Gasteiger partial charge in [-0.1, -0.05) is 94.8 Å². The molecule has 2 aliphatic carbocycles. The molecule has 2 radical (unpaired) electrons. The highest BCUT2D eigenvalue weighted by Crippen LogP contribution is 2.49. The van der Waals surface area contributed by atoms with Crippen LogP contribution in [0.1, 0.15) is 90.2 Å². The van der Waals surface area contributed by atoms with Crippen LogP contribution in [0.4, 0.5) is 0 Å². The average Bonchev–Trinajstić information content (AvgIpc) is 2.85. The Balaban J connectivity index is 0.000000258. The Hall–Kier alpha value is -1.49. The molecule has 2 saturated carbocycles. The van der Waals surface area contributed by atoms with E-state index in [0.717, 1.165) is 41.6 Å². The van der Waals surface area contributed by atoms with Crippen LogP contribution in [0.3, 0.4) is 0 Å². The first-order valence-electron chi connectivity index (χ1n) is 14.6. The van der Waals surface area contributed by atoms with Crippen LogP contribution in [0.2, 0.25) is 16.9 Å². The first-order valence-corrected chi connectivity index (χ1v) is 15.4. The topological polar surface area (TPSA) is 41.1 Å². The molecular weight excluding hydrogens is 522 g/mol. The minimum Gasteiger partial charge on any atom is -0.355 e. The van der Waals surface area contributed by atoms with Crippen LogP contribution in [-0.2, 0) is 15.6 Å². The van der Waals surface area contributed by atoms with Crippen molar-refractivity contribution in [3.8, 4) is 0 Å². The lowest BCUT2D eigenvalue weighted by atomic mass is 9.59. The third kappa shape index (κ3) is 8.51. The third-order valence-corrected chi connectivity index (χ3v) is 9.20. The van der Waals surface area contributed by atoms with Crippen LogP contribution in [-0.4, -0.2) is 33.4 Å². The molecule has 2 aromatic rings. The van der Waals surface area contributed by atoms with E-state index in [2.05, 4.69) is 77.5 Å². The third-order valence-electron chi connectivity index (χ3n) is 8.70. The van der Waals surface area contributed by atoms with E-state index in [9.17, 15) is 4.79 Å². The molecule has 0 heterocycles. The highest BCUT2D eigenvalue weighted by Gasteiger charge is 2.46. The maximum absolute atomic E-state index is 10.9. The number of carbonyl (C=O) groups excluding carboxylic acids is 1. The summed E-state index contributed by atoms with van der Waals surface area (Å²) >= 11 is 12.0. The Morgan fingerprint density at radius 3 is 1.38 bits per heavy atom. The average molecular weight is 571 g/mol. The van der Waals surface area contributed by atoms with Gasteiger partial charge >= 0.3 is 0 Å². The standard InChI is InChI=1S/C16H22ClNO.C16H24ClN.CH3B/c1-12(2)10-15(18-11-19)16(8-3-9-16)13-4-6-14(17)7-5-13;1-12(2)11-15(18-3)16(9-4-10-16)13-5-7-14(17)8-6-13;1-2/h4-7,11-12,15H,3,8-10H2,1-2H3,(H,18,19);5-8,12,15,18H,4,9-11H2,1-3H3;1H3.